The van der Waals surface area contributed by atoms with Crippen LogP contribution >= 0.6 is 22.9 Å². The monoisotopic (exact) mass is 250 g/mol. The third-order valence-electron chi connectivity index (χ3n) is 2.19. The number of thiophene rings is 1. The average Bonchev–Trinajstić information content (AvgIpc) is 2.84. The fraction of sp³-hybridized carbons (Fsp3) is 0.100. The molecule has 0 N–H and O–H groups in total. The van der Waals surface area contributed by atoms with Crippen LogP contribution in [0.1, 0.15) is 4.88 Å². The van der Waals surface area contributed by atoms with E-state index in [1.54, 1.807) is 34.6 Å². The summed E-state index contributed by atoms with van der Waals surface area (Å²) in [5.41, 5.74) is 0. The lowest BCUT2D eigenvalue weighted by atomic mass is 10.4. The maximum absolute atomic E-state index is 6.11. The van der Waals surface area contributed by atoms with Gasteiger partial charge < -0.3 is 0 Å². The Balaban J connectivity index is 2.28. The first-order chi connectivity index (χ1) is 7.74. The quantitative estimate of drug-likeness (QED) is 0.624. The van der Waals surface area contributed by atoms with Crippen molar-refractivity contribution < 1.29 is 0 Å². The van der Waals surface area contributed by atoms with Crippen molar-refractivity contribution in [2.45, 2.75) is 6.92 Å². The van der Waals surface area contributed by atoms with Gasteiger partial charge in [0.25, 0.3) is 0 Å². The first-order valence-corrected chi connectivity index (χ1v) is 5.85. The van der Waals surface area contributed by atoms with Crippen LogP contribution in [0.4, 0.5) is 0 Å². The minimum absolute atomic E-state index is 0.484. The molecule has 0 saturated carbocycles. The number of halogens is 1. The SMILES string of the molecule is Cc1cc2c(Cl)nc(-n3ccnc3)nc2s1. The smallest absolute Gasteiger partial charge is 0.237 e. The van der Waals surface area contributed by atoms with Crippen LogP contribution in [-0.4, -0.2) is 19.5 Å². The zero-order valence-electron chi connectivity index (χ0n) is 8.38. The van der Waals surface area contributed by atoms with E-state index in [9.17, 15) is 0 Å². The molecule has 3 aromatic rings. The number of nitrogens with zero attached hydrogens (tertiary/aromatic N) is 4. The highest BCUT2D eigenvalue weighted by atomic mass is 35.5. The molecule has 3 rings (SSSR count). The highest BCUT2D eigenvalue weighted by Gasteiger charge is 2.09. The summed E-state index contributed by atoms with van der Waals surface area (Å²) in [5, 5.41) is 1.39. The van der Waals surface area contributed by atoms with Crippen LogP contribution in [0, 0.1) is 6.92 Å². The van der Waals surface area contributed by atoms with Gasteiger partial charge in [-0.05, 0) is 13.0 Å². The van der Waals surface area contributed by atoms with Gasteiger partial charge in [0.1, 0.15) is 16.3 Å². The summed E-state index contributed by atoms with van der Waals surface area (Å²) < 4.78 is 1.74. The third-order valence-corrected chi connectivity index (χ3v) is 3.43. The van der Waals surface area contributed by atoms with Gasteiger partial charge in [-0.1, -0.05) is 11.6 Å². The van der Waals surface area contributed by atoms with Crippen LogP contribution in [0.15, 0.2) is 24.8 Å². The van der Waals surface area contributed by atoms with Gasteiger partial charge in [0.15, 0.2) is 0 Å². The second kappa shape index (κ2) is 3.54. The largest absolute Gasteiger partial charge is 0.274 e. The second-order valence-corrected chi connectivity index (χ2v) is 4.95. The fourth-order valence-corrected chi connectivity index (χ4v) is 2.64. The van der Waals surface area contributed by atoms with Crippen molar-refractivity contribution >= 4 is 33.2 Å². The van der Waals surface area contributed by atoms with Gasteiger partial charge in [0.05, 0.1) is 0 Å². The van der Waals surface area contributed by atoms with Gasteiger partial charge in [-0.15, -0.1) is 11.3 Å². The van der Waals surface area contributed by atoms with Crippen LogP contribution in [-0.2, 0) is 0 Å². The van der Waals surface area contributed by atoms with E-state index in [-0.39, 0.29) is 0 Å². The van der Waals surface area contributed by atoms with Crippen LogP contribution < -0.4 is 0 Å². The normalized spacial score (nSPS) is 11.1. The standard InChI is InChI=1S/C10H7ClN4S/c1-6-4-7-8(11)13-10(14-9(7)16-6)15-3-2-12-5-15/h2-5H,1H3. The molecular formula is C10H7ClN4S. The highest BCUT2D eigenvalue weighted by Crippen LogP contribution is 2.28. The minimum Gasteiger partial charge on any atom is -0.274 e. The van der Waals surface area contributed by atoms with Crippen molar-refractivity contribution in [2.75, 3.05) is 0 Å². The van der Waals surface area contributed by atoms with E-state index in [1.807, 2.05) is 13.0 Å². The summed E-state index contributed by atoms with van der Waals surface area (Å²) in [5.74, 6) is 0.553. The maximum Gasteiger partial charge on any atom is 0.237 e. The van der Waals surface area contributed by atoms with Crippen molar-refractivity contribution in [1.82, 2.24) is 19.5 Å². The number of aromatic nitrogens is 4. The molecule has 0 fully saturated rings. The molecule has 0 aliphatic carbocycles. The maximum atomic E-state index is 6.11. The molecule has 0 amide bonds. The molecule has 80 valence electrons. The fourth-order valence-electron chi connectivity index (χ4n) is 1.49. The average molecular weight is 251 g/mol. The second-order valence-electron chi connectivity index (χ2n) is 3.36. The van der Waals surface area contributed by atoms with Crippen molar-refractivity contribution in [3.63, 3.8) is 0 Å². The topological polar surface area (TPSA) is 43.6 Å². The molecule has 0 bridgehead atoms. The number of hydrogen-bond acceptors (Lipinski definition) is 4. The molecule has 0 unspecified atom stereocenters. The lowest BCUT2D eigenvalue weighted by Gasteiger charge is -2.00. The Morgan fingerprint density at radius 1 is 1.38 bits per heavy atom. The molecule has 0 radical (unpaired) electrons. The summed E-state index contributed by atoms with van der Waals surface area (Å²) in [6.45, 7) is 2.03. The molecule has 0 aliphatic rings. The van der Waals surface area contributed by atoms with Crippen molar-refractivity contribution in [1.29, 1.82) is 0 Å². The molecule has 16 heavy (non-hydrogen) atoms. The minimum atomic E-state index is 0.484. The van der Waals surface area contributed by atoms with Gasteiger partial charge in [-0.25, -0.2) is 9.97 Å². The molecule has 0 aliphatic heterocycles. The molecule has 0 aromatic carbocycles. The van der Waals surface area contributed by atoms with E-state index in [0.29, 0.717) is 11.1 Å². The molecule has 4 nitrogen and oxygen atoms in total. The van der Waals surface area contributed by atoms with E-state index >= 15 is 0 Å². The lowest BCUT2D eigenvalue weighted by molar-refractivity contribution is 0.943. The van der Waals surface area contributed by atoms with Crippen LogP contribution in [0.3, 0.4) is 0 Å². The number of fused-ring (bicyclic) bond motifs is 1. The summed E-state index contributed by atoms with van der Waals surface area (Å²) >= 11 is 7.72. The Bertz CT molecular complexity index is 644. The molecule has 3 aromatic heterocycles. The van der Waals surface area contributed by atoms with Gasteiger partial charge in [-0.2, -0.15) is 4.98 Å². The summed E-state index contributed by atoms with van der Waals surface area (Å²) in [6.07, 6.45) is 5.12. The predicted octanol–water partition coefficient (Wildman–Crippen LogP) is 2.84. The zero-order valence-corrected chi connectivity index (χ0v) is 9.96. The molecule has 0 spiro atoms. The predicted molar refractivity (Wildman–Crippen MR) is 64.3 cm³/mol. The van der Waals surface area contributed by atoms with Crippen LogP contribution in [0.5, 0.6) is 0 Å². The van der Waals surface area contributed by atoms with Gasteiger partial charge in [0.2, 0.25) is 5.95 Å². The third kappa shape index (κ3) is 1.48. The molecule has 6 heteroatoms. The number of rotatable bonds is 1. The Morgan fingerprint density at radius 3 is 3.00 bits per heavy atom. The van der Waals surface area contributed by atoms with Gasteiger partial charge in [-0.3, -0.25) is 4.57 Å². The van der Waals surface area contributed by atoms with E-state index in [1.165, 1.54) is 4.88 Å². The van der Waals surface area contributed by atoms with E-state index < -0.39 is 0 Å². The Hall–Kier alpha value is -1.46. The first-order valence-electron chi connectivity index (χ1n) is 4.66. The Morgan fingerprint density at radius 2 is 2.25 bits per heavy atom. The summed E-state index contributed by atoms with van der Waals surface area (Å²) in [6, 6.07) is 2.00. The molecular weight excluding hydrogens is 244 g/mol. The van der Waals surface area contributed by atoms with Crippen molar-refractivity contribution in [3.05, 3.63) is 34.8 Å². The number of aryl methyl sites for hydroxylation is 1. The van der Waals surface area contributed by atoms with Crippen molar-refractivity contribution in [3.8, 4) is 5.95 Å². The summed E-state index contributed by atoms with van der Waals surface area (Å²) in [4.78, 5) is 14.7. The molecule has 0 saturated heterocycles. The van der Waals surface area contributed by atoms with Crippen molar-refractivity contribution in [2.24, 2.45) is 0 Å². The van der Waals surface area contributed by atoms with Crippen LogP contribution in [0.25, 0.3) is 16.2 Å². The van der Waals surface area contributed by atoms with E-state index in [0.717, 1.165) is 10.2 Å². The number of hydrogen-bond donors (Lipinski definition) is 0. The Kier molecular flexibility index (Phi) is 2.15. The number of imidazole rings is 1. The van der Waals surface area contributed by atoms with Gasteiger partial charge in [0, 0.05) is 22.7 Å². The van der Waals surface area contributed by atoms with E-state index in [4.69, 9.17) is 11.6 Å². The lowest BCUT2D eigenvalue weighted by Crippen LogP contribution is -1.98. The van der Waals surface area contributed by atoms with Gasteiger partial charge >= 0.3 is 0 Å². The Labute approximate surface area is 101 Å². The summed E-state index contributed by atoms with van der Waals surface area (Å²) in [7, 11) is 0. The molecule has 0 atom stereocenters. The zero-order chi connectivity index (χ0) is 11.1. The first kappa shape index (κ1) is 9.74. The molecule has 3 heterocycles. The highest BCUT2D eigenvalue weighted by molar-refractivity contribution is 7.18. The van der Waals surface area contributed by atoms with E-state index in [2.05, 4.69) is 15.0 Å². The van der Waals surface area contributed by atoms with Crippen LogP contribution in [0.2, 0.25) is 5.15 Å².